The van der Waals surface area contributed by atoms with E-state index in [2.05, 4.69) is 15.2 Å². The lowest BCUT2D eigenvalue weighted by Crippen LogP contribution is -2.44. The van der Waals surface area contributed by atoms with E-state index in [1.54, 1.807) is 6.20 Å². The number of carboxylic acids is 2. The molecule has 1 aromatic rings. The van der Waals surface area contributed by atoms with E-state index < -0.39 is 24.3 Å². The summed E-state index contributed by atoms with van der Waals surface area (Å²) >= 11 is 0. The molecular formula is C22H27F6N3O6. The second kappa shape index (κ2) is 13.0. The molecule has 1 aromatic heterocycles. The first-order valence-corrected chi connectivity index (χ1v) is 11.3. The minimum Gasteiger partial charge on any atom is -0.475 e. The average Bonchev–Trinajstić information content (AvgIpc) is 3.53. The summed E-state index contributed by atoms with van der Waals surface area (Å²) in [6.07, 6.45) is -5.64. The monoisotopic (exact) mass is 543 g/mol. The maximum atomic E-state index is 12.6. The number of hydrogen-bond donors (Lipinski definition) is 3. The molecule has 3 aliphatic rings. The van der Waals surface area contributed by atoms with Crippen molar-refractivity contribution in [1.82, 2.24) is 15.2 Å². The lowest BCUT2D eigenvalue weighted by atomic mass is 9.82. The topological polar surface area (TPSA) is 129 Å². The van der Waals surface area contributed by atoms with Crippen molar-refractivity contribution in [2.24, 2.45) is 23.7 Å². The number of ether oxygens (including phenoxy) is 1. The number of nitrogens with one attached hydrogen (secondary N) is 1. The predicted octanol–water partition coefficient (Wildman–Crippen LogP) is 2.57. The molecule has 9 nitrogen and oxygen atoms in total. The zero-order chi connectivity index (χ0) is 27.8. The molecule has 0 radical (unpaired) electrons. The van der Waals surface area contributed by atoms with E-state index in [1.165, 1.54) is 19.4 Å². The molecule has 3 fully saturated rings. The lowest BCUT2D eigenvalue weighted by Gasteiger charge is -2.32. The maximum absolute atomic E-state index is 12.6. The first-order valence-electron chi connectivity index (χ1n) is 11.3. The molecule has 1 aliphatic carbocycles. The predicted molar refractivity (Wildman–Crippen MR) is 114 cm³/mol. The molecule has 0 spiro atoms. The summed E-state index contributed by atoms with van der Waals surface area (Å²) in [5.74, 6) is -3.52. The van der Waals surface area contributed by atoms with E-state index >= 15 is 0 Å². The number of carbonyl (C=O) groups is 3. The van der Waals surface area contributed by atoms with Crippen molar-refractivity contribution in [2.75, 3.05) is 32.8 Å². The Hall–Kier alpha value is -2.94. The summed E-state index contributed by atoms with van der Waals surface area (Å²) in [5.41, 5.74) is 0.899. The number of fused-ring (bicyclic) bond motifs is 1. The van der Waals surface area contributed by atoms with Crippen molar-refractivity contribution in [3.8, 4) is 0 Å². The first kappa shape index (κ1) is 30.3. The molecule has 1 saturated carbocycles. The average molecular weight is 543 g/mol. The van der Waals surface area contributed by atoms with Crippen LogP contribution in [0.2, 0.25) is 0 Å². The van der Waals surface area contributed by atoms with Gasteiger partial charge in [0.2, 0.25) is 5.91 Å². The number of carboxylic acid groups (broad SMARTS) is 2. The van der Waals surface area contributed by atoms with Crippen LogP contribution < -0.4 is 5.32 Å². The Morgan fingerprint density at radius 3 is 2.08 bits per heavy atom. The Balaban J connectivity index is 0.000000286. The van der Waals surface area contributed by atoms with Crippen molar-refractivity contribution in [3.63, 3.8) is 0 Å². The quantitative estimate of drug-likeness (QED) is 0.484. The number of aromatic nitrogens is 1. The van der Waals surface area contributed by atoms with Gasteiger partial charge in [-0.25, -0.2) is 9.59 Å². The number of alkyl halides is 6. The highest BCUT2D eigenvalue weighted by Crippen LogP contribution is 2.37. The Labute approximate surface area is 207 Å². The number of rotatable bonds is 5. The normalized spacial score (nSPS) is 23.5. The third-order valence-corrected chi connectivity index (χ3v) is 5.92. The number of likely N-dealkylation sites (tertiary alicyclic amines) is 1. The molecule has 3 atom stereocenters. The Morgan fingerprint density at radius 1 is 1.00 bits per heavy atom. The molecule has 15 heteroatoms. The van der Waals surface area contributed by atoms with Crippen molar-refractivity contribution >= 4 is 17.8 Å². The van der Waals surface area contributed by atoms with E-state index in [0.717, 1.165) is 31.3 Å². The third kappa shape index (κ3) is 10.5. The minimum atomic E-state index is -5.08. The number of halogens is 6. The van der Waals surface area contributed by atoms with Crippen molar-refractivity contribution < 1.29 is 55.7 Å². The Bertz CT molecular complexity index is 886. The van der Waals surface area contributed by atoms with Crippen molar-refractivity contribution in [1.29, 1.82) is 0 Å². The highest BCUT2D eigenvalue weighted by Gasteiger charge is 2.44. The van der Waals surface area contributed by atoms with Gasteiger partial charge in [-0.2, -0.15) is 26.3 Å². The summed E-state index contributed by atoms with van der Waals surface area (Å²) in [5, 5.41) is 17.3. The number of pyridine rings is 1. The van der Waals surface area contributed by atoms with Gasteiger partial charge in [-0.05, 0) is 42.7 Å². The largest absolute Gasteiger partial charge is 0.490 e. The van der Waals surface area contributed by atoms with Crippen LogP contribution in [0.15, 0.2) is 24.4 Å². The van der Waals surface area contributed by atoms with E-state index in [0.29, 0.717) is 25.0 Å². The van der Waals surface area contributed by atoms with Crippen LogP contribution in [-0.2, 0) is 25.7 Å². The molecule has 2 saturated heterocycles. The van der Waals surface area contributed by atoms with E-state index in [1.807, 2.05) is 18.2 Å². The zero-order valence-electron chi connectivity index (χ0n) is 19.5. The summed E-state index contributed by atoms with van der Waals surface area (Å²) < 4.78 is 69.2. The smallest absolute Gasteiger partial charge is 0.475 e. The Morgan fingerprint density at radius 2 is 1.59 bits per heavy atom. The van der Waals surface area contributed by atoms with Gasteiger partial charge in [0.1, 0.15) is 0 Å². The highest BCUT2D eigenvalue weighted by atomic mass is 19.4. The van der Waals surface area contributed by atoms with Gasteiger partial charge in [-0.1, -0.05) is 6.07 Å². The molecule has 0 unspecified atom stereocenters. The summed E-state index contributed by atoms with van der Waals surface area (Å²) in [4.78, 5) is 37.2. The van der Waals surface area contributed by atoms with Crippen LogP contribution in [0, 0.1) is 23.7 Å². The highest BCUT2D eigenvalue weighted by molar-refractivity contribution is 5.79. The zero-order valence-corrected chi connectivity index (χ0v) is 19.5. The fraction of sp³-hybridized carbons (Fsp3) is 0.636. The molecular weight excluding hydrogens is 516 g/mol. The van der Waals surface area contributed by atoms with Crippen molar-refractivity contribution in [2.45, 2.75) is 31.7 Å². The molecule has 4 rings (SSSR count). The molecule has 208 valence electrons. The van der Waals surface area contributed by atoms with Gasteiger partial charge in [-0.15, -0.1) is 0 Å². The number of aliphatic carboxylic acids is 2. The van der Waals surface area contributed by atoms with Crippen LogP contribution in [-0.4, -0.2) is 83.1 Å². The summed E-state index contributed by atoms with van der Waals surface area (Å²) in [6.45, 7) is 5.26. The number of nitrogens with zero attached hydrogens (tertiary/aromatic N) is 2. The van der Waals surface area contributed by atoms with Gasteiger partial charge in [0, 0.05) is 25.8 Å². The molecule has 2 aliphatic heterocycles. The number of carbonyl (C=O) groups excluding carboxylic acids is 1. The van der Waals surface area contributed by atoms with Gasteiger partial charge >= 0.3 is 24.3 Å². The van der Waals surface area contributed by atoms with Gasteiger partial charge in [0.15, 0.2) is 0 Å². The first-order chi connectivity index (χ1) is 17.2. The maximum Gasteiger partial charge on any atom is 0.490 e. The van der Waals surface area contributed by atoms with Crippen LogP contribution >= 0.6 is 0 Å². The van der Waals surface area contributed by atoms with Crippen LogP contribution in [0.3, 0.4) is 0 Å². The minimum absolute atomic E-state index is 0.0123. The SMILES string of the molecule is O=C(NCc1ccccn1)[C@H]1COC[C@H]2CN(CC3CC3)C[C@H]21.O=C(O)C(F)(F)F.O=C(O)C(F)(F)F. The summed E-state index contributed by atoms with van der Waals surface area (Å²) in [7, 11) is 0. The van der Waals surface area contributed by atoms with Gasteiger partial charge in [-0.3, -0.25) is 9.78 Å². The summed E-state index contributed by atoms with van der Waals surface area (Å²) in [6, 6.07) is 5.77. The fourth-order valence-electron chi connectivity index (χ4n) is 3.99. The van der Waals surface area contributed by atoms with E-state index in [4.69, 9.17) is 24.5 Å². The standard InChI is InChI=1S/C18H25N3O2.2C2HF3O2/c22-18(20-7-15-3-1-2-6-19-15)17-12-23-11-14-9-21(10-16(14)17)8-13-4-5-13;2*3-2(4,5)1(6)7/h1-3,6,13-14,16-17H,4-5,7-12H2,(H,20,22);2*(H,6,7)/t14-,16-,17+;;/m1../s1. The van der Waals surface area contributed by atoms with Crippen LogP contribution in [0.1, 0.15) is 18.5 Å². The van der Waals surface area contributed by atoms with Gasteiger partial charge in [0.25, 0.3) is 0 Å². The molecule has 37 heavy (non-hydrogen) atoms. The molecule has 3 heterocycles. The van der Waals surface area contributed by atoms with Crippen LogP contribution in [0.4, 0.5) is 26.3 Å². The number of amides is 1. The van der Waals surface area contributed by atoms with E-state index in [9.17, 15) is 31.1 Å². The molecule has 0 bridgehead atoms. The molecule has 1 amide bonds. The molecule has 0 aromatic carbocycles. The van der Waals surface area contributed by atoms with Crippen LogP contribution in [0.5, 0.6) is 0 Å². The lowest BCUT2D eigenvalue weighted by molar-refractivity contribution is -0.193. The van der Waals surface area contributed by atoms with E-state index in [-0.39, 0.29) is 11.8 Å². The van der Waals surface area contributed by atoms with Crippen molar-refractivity contribution in [3.05, 3.63) is 30.1 Å². The van der Waals surface area contributed by atoms with Gasteiger partial charge < -0.3 is 25.2 Å². The third-order valence-electron chi connectivity index (χ3n) is 5.92. The number of hydrogen-bond acceptors (Lipinski definition) is 6. The second-order valence-corrected chi connectivity index (χ2v) is 8.87. The van der Waals surface area contributed by atoms with Gasteiger partial charge in [0.05, 0.1) is 31.4 Å². The molecule has 3 N–H and O–H groups in total. The second-order valence-electron chi connectivity index (χ2n) is 8.87. The fourth-order valence-corrected chi connectivity index (χ4v) is 3.99. The van der Waals surface area contributed by atoms with Crippen LogP contribution in [0.25, 0.3) is 0 Å². The Kier molecular flexibility index (Phi) is 10.7.